The van der Waals surface area contributed by atoms with Gasteiger partial charge in [-0.05, 0) is 31.9 Å². The van der Waals surface area contributed by atoms with Gasteiger partial charge in [0, 0.05) is 36.9 Å². The molecule has 0 unspecified atom stereocenters. The van der Waals surface area contributed by atoms with Crippen molar-refractivity contribution >= 4 is 16.8 Å². The van der Waals surface area contributed by atoms with Gasteiger partial charge in [-0.15, -0.1) is 0 Å². The summed E-state index contributed by atoms with van der Waals surface area (Å²) in [5.74, 6) is -0.0256. The van der Waals surface area contributed by atoms with Crippen LogP contribution in [0.1, 0.15) is 36.7 Å². The van der Waals surface area contributed by atoms with Crippen LogP contribution >= 0.6 is 0 Å². The fourth-order valence-electron chi connectivity index (χ4n) is 4.29. The van der Waals surface area contributed by atoms with E-state index in [9.17, 15) is 9.90 Å². The molecule has 5 nitrogen and oxygen atoms in total. The van der Waals surface area contributed by atoms with Crippen molar-refractivity contribution in [2.75, 3.05) is 19.7 Å². The molecule has 1 spiro atoms. The summed E-state index contributed by atoms with van der Waals surface area (Å²) < 4.78 is 5.79. The quantitative estimate of drug-likeness (QED) is 0.933. The average Bonchev–Trinajstić information content (AvgIpc) is 2.67. The zero-order chi connectivity index (χ0) is 17.4. The molecule has 1 saturated carbocycles. The maximum absolute atomic E-state index is 12.8. The normalized spacial score (nSPS) is 25.1. The number of ether oxygens (including phenoxy) is 1. The van der Waals surface area contributed by atoms with Crippen LogP contribution in [-0.2, 0) is 4.74 Å². The standard InChI is InChI=1S/C20H24N2O3/c1-2-25-18-13-17(23)20(18)9-11-22(12-10-20)19(24)16-8-7-14-5-3-4-6-15(14)21-16/h3-8,17-18,23H,2,9-13H2,1H3/t17-,18+/m1/s1. The lowest BCUT2D eigenvalue weighted by atomic mass is 9.58. The second-order valence-electron chi connectivity index (χ2n) is 7.11. The predicted octanol–water partition coefficient (Wildman–Crippen LogP) is 2.63. The molecule has 1 aromatic carbocycles. The first-order valence-corrected chi connectivity index (χ1v) is 9.09. The minimum atomic E-state index is -0.305. The van der Waals surface area contributed by atoms with Crippen LogP contribution in [0.4, 0.5) is 0 Å². The van der Waals surface area contributed by atoms with Crippen LogP contribution in [0.15, 0.2) is 36.4 Å². The Morgan fingerprint density at radius 2 is 2.04 bits per heavy atom. The highest BCUT2D eigenvalue weighted by Gasteiger charge is 2.56. The number of para-hydroxylation sites is 1. The summed E-state index contributed by atoms with van der Waals surface area (Å²) >= 11 is 0. The first-order valence-electron chi connectivity index (χ1n) is 9.09. The van der Waals surface area contributed by atoms with Crippen molar-refractivity contribution < 1.29 is 14.6 Å². The number of nitrogens with zero attached hydrogens (tertiary/aromatic N) is 2. The molecule has 1 N–H and O–H groups in total. The van der Waals surface area contributed by atoms with E-state index in [0.717, 1.165) is 23.7 Å². The number of pyridine rings is 1. The molecule has 2 heterocycles. The Labute approximate surface area is 147 Å². The molecule has 1 aliphatic heterocycles. The molecule has 1 amide bonds. The highest BCUT2D eigenvalue weighted by Crippen LogP contribution is 2.51. The van der Waals surface area contributed by atoms with Crippen LogP contribution in [0.3, 0.4) is 0 Å². The van der Waals surface area contributed by atoms with Gasteiger partial charge in [0.15, 0.2) is 0 Å². The number of hydrogen-bond donors (Lipinski definition) is 1. The molecule has 2 aliphatic rings. The van der Waals surface area contributed by atoms with E-state index in [4.69, 9.17) is 4.74 Å². The number of carbonyl (C=O) groups excluding carboxylic acids is 1. The second kappa shape index (κ2) is 6.39. The minimum Gasteiger partial charge on any atom is -0.392 e. The number of aromatic nitrogens is 1. The van der Waals surface area contributed by atoms with E-state index in [1.807, 2.05) is 42.2 Å². The molecular formula is C20H24N2O3. The Morgan fingerprint density at radius 3 is 2.76 bits per heavy atom. The summed E-state index contributed by atoms with van der Waals surface area (Å²) in [4.78, 5) is 19.2. The molecular weight excluding hydrogens is 316 g/mol. The average molecular weight is 340 g/mol. The topological polar surface area (TPSA) is 62.7 Å². The molecule has 2 aromatic rings. The van der Waals surface area contributed by atoms with Crippen LogP contribution in [-0.4, -0.2) is 52.8 Å². The third-order valence-corrected chi connectivity index (χ3v) is 5.91. The third-order valence-electron chi connectivity index (χ3n) is 5.91. The van der Waals surface area contributed by atoms with Gasteiger partial charge >= 0.3 is 0 Å². The number of hydrogen-bond acceptors (Lipinski definition) is 4. The Morgan fingerprint density at radius 1 is 1.28 bits per heavy atom. The van der Waals surface area contributed by atoms with Gasteiger partial charge in [0.1, 0.15) is 5.69 Å². The zero-order valence-corrected chi connectivity index (χ0v) is 14.5. The van der Waals surface area contributed by atoms with Crippen molar-refractivity contribution in [3.8, 4) is 0 Å². The first-order chi connectivity index (χ1) is 12.1. The minimum absolute atomic E-state index is 0.0256. The highest BCUT2D eigenvalue weighted by molar-refractivity contribution is 5.95. The Hall–Kier alpha value is -1.98. The van der Waals surface area contributed by atoms with Gasteiger partial charge in [-0.25, -0.2) is 4.98 Å². The summed E-state index contributed by atoms with van der Waals surface area (Å²) in [5, 5.41) is 11.3. The molecule has 25 heavy (non-hydrogen) atoms. The molecule has 1 aliphatic carbocycles. The fraction of sp³-hybridized carbons (Fsp3) is 0.500. The summed E-state index contributed by atoms with van der Waals surface area (Å²) in [6, 6.07) is 11.6. The van der Waals surface area contributed by atoms with Crippen molar-refractivity contribution in [3.05, 3.63) is 42.1 Å². The number of aliphatic hydroxyl groups is 1. The van der Waals surface area contributed by atoms with E-state index in [-0.39, 0.29) is 23.5 Å². The van der Waals surface area contributed by atoms with E-state index in [1.165, 1.54) is 0 Å². The molecule has 0 bridgehead atoms. The number of likely N-dealkylation sites (tertiary alicyclic amines) is 1. The van der Waals surface area contributed by atoms with Crippen molar-refractivity contribution in [1.29, 1.82) is 0 Å². The molecule has 2 fully saturated rings. The molecule has 1 saturated heterocycles. The Bertz CT molecular complexity index is 781. The number of piperidine rings is 1. The van der Waals surface area contributed by atoms with Crippen molar-refractivity contribution in [2.45, 2.75) is 38.4 Å². The number of aliphatic hydroxyl groups excluding tert-OH is 1. The predicted molar refractivity (Wildman–Crippen MR) is 95.4 cm³/mol. The Balaban J connectivity index is 1.47. The van der Waals surface area contributed by atoms with E-state index < -0.39 is 0 Å². The molecule has 0 radical (unpaired) electrons. The van der Waals surface area contributed by atoms with Crippen LogP contribution in [0.2, 0.25) is 0 Å². The summed E-state index contributed by atoms with van der Waals surface area (Å²) in [6.45, 7) is 3.95. The lowest BCUT2D eigenvalue weighted by Gasteiger charge is -2.56. The maximum Gasteiger partial charge on any atom is 0.272 e. The number of rotatable bonds is 3. The highest BCUT2D eigenvalue weighted by atomic mass is 16.5. The SMILES string of the molecule is CCO[C@H]1C[C@@H](O)C12CCN(C(=O)c1ccc3ccccc3n1)CC2. The molecule has 1 aromatic heterocycles. The zero-order valence-electron chi connectivity index (χ0n) is 14.5. The maximum atomic E-state index is 12.8. The molecule has 2 atom stereocenters. The monoisotopic (exact) mass is 340 g/mol. The number of benzene rings is 1. The van der Waals surface area contributed by atoms with E-state index in [1.54, 1.807) is 6.07 Å². The first kappa shape index (κ1) is 16.5. The van der Waals surface area contributed by atoms with Crippen molar-refractivity contribution in [2.24, 2.45) is 5.41 Å². The van der Waals surface area contributed by atoms with Gasteiger partial charge in [0.2, 0.25) is 0 Å². The second-order valence-corrected chi connectivity index (χ2v) is 7.11. The molecule has 4 rings (SSSR count). The number of carbonyl (C=O) groups is 1. The Kier molecular flexibility index (Phi) is 4.21. The fourth-order valence-corrected chi connectivity index (χ4v) is 4.29. The van der Waals surface area contributed by atoms with Crippen molar-refractivity contribution in [3.63, 3.8) is 0 Å². The third kappa shape index (κ3) is 2.71. The molecule has 5 heteroatoms. The van der Waals surface area contributed by atoms with E-state index in [2.05, 4.69) is 4.98 Å². The summed E-state index contributed by atoms with van der Waals surface area (Å²) in [5.41, 5.74) is 1.17. The molecule has 132 valence electrons. The largest absolute Gasteiger partial charge is 0.392 e. The van der Waals surface area contributed by atoms with Crippen molar-refractivity contribution in [1.82, 2.24) is 9.88 Å². The summed E-state index contributed by atoms with van der Waals surface area (Å²) in [6.07, 6.45) is 2.12. The van der Waals surface area contributed by atoms with Gasteiger partial charge < -0.3 is 14.7 Å². The summed E-state index contributed by atoms with van der Waals surface area (Å²) in [7, 11) is 0. The van der Waals surface area contributed by atoms with E-state index >= 15 is 0 Å². The lowest BCUT2D eigenvalue weighted by molar-refractivity contribution is -0.207. The van der Waals surface area contributed by atoms with Crippen LogP contribution < -0.4 is 0 Å². The number of amides is 1. The van der Waals surface area contributed by atoms with E-state index in [0.29, 0.717) is 31.8 Å². The lowest BCUT2D eigenvalue weighted by Crippen LogP contribution is -2.62. The number of fused-ring (bicyclic) bond motifs is 1. The van der Waals surface area contributed by atoms with Crippen LogP contribution in [0.5, 0.6) is 0 Å². The van der Waals surface area contributed by atoms with Gasteiger partial charge in [-0.2, -0.15) is 0 Å². The van der Waals surface area contributed by atoms with Crippen LogP contribution in [0.25, 0.3) is 10.9 Å². The smallest absolute Gasteiger partial charge is 0.272 e. The van der Waals surface area contributed by atoms with Gasteiger partial charge in [0.25, 0.3) is 5.91 Å². The van der Waals surface area contributed by atoms with Gasteiger partial charge in [-0.1, -0.05) is 24.3 Å². The van der Waals surface area contributed by atoms with Crippen LogP contribution in [0, 0.1) is 5.41 Å². The van der Waals surface area contributed by atoms with Gasteiger partial charge in [-0.3, -0.25) is 4.79 Å². The van der Waals surface area contributed by atoms with Gasteiger partial charge in [0.05, 0.1) is 17.7 Å².